The molecule has 2 unspecified atom stereocenters. The summed E-state index contributed by atoms with van der Waals surface area (Å²) in [4.78, 5) is 0. The van der Waals surface area contributed by atoms with Crippen molar-refractivity contribution in [3.05, 3.63) is 12.7 Å². The van der Waals surface area contributed by atoms with Gasteiger partial charge in [-0.2, -0.15) is 5.26 Å². The zero-order valence-electron chi connectivity index (χ0n) is 7.09. The van der Waals surface area contributed by atoms with Crippen LogP contribution in [0.5, 0.6) is 0 Å². The molecule has 2 nitrogen and oxygen atoms in total. The lowest BCUT2D eigenvalue weighted by Crippen LogP contribution is -2.20. The summed E-state index contributed by atoms with van der Waals surface area (Å²) in [5, 5.41) is 8.41. The van der Waals surface area contributed by atoms with E-state index >= 15 is 0 Å². The van der Waals surface area contributed by atoms with Crippen LogP contribution in [-0.4, -0.2) is 6.04 Å². The van der Waals surface area contributed by atoms with Crippen molar-refractivity contribution in [2.24, 2.45) is 11.7 Å². The molecular weight excluding hydrogens is 136 g/mol. The minimum atomic E-state index is -0.296. The Bertz CT molecular complexity index is 146. The van der Waals surface area contributed by atoms with E-state index in [0.29, 0.717) is 5.92 Å². The molecule has 0 rings (SSSR count). The van der Waals surface area contributed by atoms with Gasteiger partial charge in [0, 0.05) is 0 Å². The van der Waals surface area contributed by atoms with E-state index in [-0.39, 0.29) is 6.04 Å². The topological polar surface area (TPSA) is 49.8 Å². The zero-order chi connectivity index (χ0) is 8.69. The maximum Gasteiger partial charge on any atom is 0.0930 e. The maximum atomic E-state index is 8.41. The van der Waals surface area contributed by atoms with Crippen molar-refractivity contribution >= 4 is 0 Å². The van der Waals surface area contributed by atoms with Crippen molar-refractivity contribution in [1.29, 1.82) is 5.26 Å². The molecule has 0 bridgehead atoms. The quantitative estimate of drug-likeness (QED) is 0.611. The zero-order valence-corrected chi connectivity index (χ0v) is 7.09. The van der Waals surface area contributed by atoms with Gasteiger partial charge in [-0.25, -0.2) is 0 Å². The third kappa shape index (κ3) is 5.63. The highest BCUT2D eigenvalue weighted by Crippen LogP contribution is 2.11. The van der Waals surface area contributed by atoms with Gasteiger partial charge in [-0.3, -0.25) is 0 Å². The van der Waals surface area contributed by atoms with Gasteiger partial charge in [0.25, 0.3) is 0 Å². The summed E-state index contributed by atoms with van der Waals surface area (Å²) in [5.74, 6) is 0.530. The molecule has 62 valence electrons. The van der Waals surface area contributed by atoms with Gasteiger partial charge < -0.3 is 5.73 Å². The molecule has 11 heavy (non-hydrogen) atoms. The van der Waals surface area contributed by atoms with Crippen LogP contribution in [0.2, 0.25) is 0 Å². The Labute approximate surface area is 68.7 Å². The molecule has 0 aromatic carbocycles. The normalized spacial score (nSPS) is 15.0. The molecule has 2 atom stereocenters. The van der Waals surface area contributed by atoms with Crippen molar-refractivity contribution in [1.82, 2.24) is 0 Å². The lowest BCUT2D eigenvalue weighted by molar-refractivity contribution is 0.476. The Balaban J connectivity index is 3.44. The fraction of sp³-hybridized carbons (Fsp3) is 0.667. The second-order valence-corrected chi connectivity index (χ2v) is 2.94. The van der Waals surface area contributed by atoms with Crippen LogP contribution in [0, 0.1) is 17.2 Å². The van der Waals surface area contributed by atoms with Crippen molar-refractivity contribution in [2.45, 2.75) is 32.2 Å². The summed E-state index contributed by atoms with van der Waals surface area (Å²) >= 11 is 0. The van der Waals surface area contributed by atoms with Gasteiger partial charge in [-0.1, -0.05) is 13.0 Å². The molecule has 0 saturated heterocycles. The first kappa shape index (κ1) is 10.2. The first-order valence-corrected chi connectivity index (χ1v) is 3.96. The predicted octanol–water partition coefficient (Wildman–Crippen LogP) is 1.83. The van der Waals surface area contributed by atoms with Crippen LogP contribution in [0.25, 0.3) is 0 Å². The molecule has 0 aliphatic heterocycles. The second-order valence-electron chi connectivity index (χ2n) is 2.94. The fourth-order valence-corrected chi connectivity index (χ4v) is 1.01. The van der Waals surface area contributed by atoms with E-state index in [1.165, 1.54) is 0 Å². The van der Waals surface area contributed by atoms with Crippen LogP contribution in [0.15, 0.2) is 12.7 Å². The van der Waals surface area contributed by atoms with E-state index in [1.54, 1.807) is 0 Å². The van der Waals surface area contributed by atoms with Gasteiger partial charge in [-0.05, 0) is 25.2 Å². The molecule has 0 aromatic heterocycles. The minimum Gasteiger partial charge on any atom is -0.316 e. The number of nitriles is 1. The molecule has 0 heterocycles. The predicted molar refractivity (Wildman–Crippen MR) is 46.8 cm³/mol. The van der Waals surface area contributed by atoms with Crippen molar-refractivity contribution < 1.29 is 0 Å². The highest BCUT2D eigenvalue weighted by Gasteiger charge is 2.06. The summed E-state index contributed by atoms with van der Waals surface area (Å²) in [6.07, 6.45) is 4.79. The molecule has 0 spiro atoms. The van der Waals surface area contributed by atoms with Crippen molar-refractivity contribution in [2.75, 3.05) is 0 Å². The first-order valence-electron chi connectivity index (χ1n) is 3.96. The van der Waals surface area contributed by atoms with Crippen LogP contribution >= 0.6 is 0 Å². The monoisotopic (exact) mass is 152 g/mol. The molecule has 0 saturated carbocycles. The Morgan fingerprint density at radius 3 is 2.82 bits per heavy atom. The van der Waals surface area contributed by atoms with Crippen LogP contribution in [0.1, 0.15) is 26.2 Å². The van der Waals surface area contributed by atoms with Crippen molar-refractivity contribution in [3.8, 4) is 6.07 Å². The van der Waals surface area contributed by atoms with E-state index < -0.39 is 0 Å². The molecule has 2 heteroatoms. The van der Waals surface area contributed by atoms with Gasteiger partial charge in [0.2, 0.25) is 0 Å². The summed E-state index contributed by atoms with van der Waals surface area (Å²) in [6.45, 7) is 5.75. The van der Waals surface area contributed by atoms with E-state index in [2.05, 4.69) is 13.5 Å². The Morgan fingerprint density at radius 2 is 2.36 bits per heavy atom. The van der Waals surface area contributed by atoms with Gasteiger partial charge in [0.15, 0.2) is 0 Å². The fourth-order valence-electron chi connectivity index (χ4n) is 1.01. The highest BCUT2D eigenvalue weighted by atomic mass is 14.6. The van der Waals surface area contributed by atoms with Crippen LogP contribution < -0.4 is 5.73 Å². The lowest BCUT2D eigenvalue weighted by Gasteiger charge is -2.10. The Kier molecular flexibility index (Phi) is 5.50. The summed E-state index contributed by atoms with van der Waals surface area (Å²) < 4.78 is 0. The summed E-state index contributed by atoms with van der Waals surface area (Å²) in [5.41, 5.74) is 5.46. The van der Waals surface area contributed by atoms with E-state index in [9.17, 15) is 0 Å². The summed E-state index contributed by atoms with van der Waals surface area (Å²) in [7, 11) is 0. The minimum absolute atomic E-state index is 0.296. The molecule has 0 amide bonds. The lowest BCUT2D eigenvalue weighted by atomic mass is 9.98. The Hall–Kier alpha value is -0.810. The molecule has 0 aliphatic rings. The van der Waals surface area contributed by atoms with Crippen molar-refractivity contribution in [3.63, 3.8) is 0 Å². The molecule has 0 fully saturated rings. The standard InChI is InChI=1S/C9H16N2/c1-3-4-5-8(2)6-9(11)7-10/h3,8-9H,1,4-6,11H2,2H3. The number of allylic oxidation sites excluding steroid dienone is 1. The molecule has 0 radical (unpaired) electrons. The Morgan fingerprint density at radius 1 is 1.73 bits per heavy atom. The van der Waals surface area contributed by atoms with Crippen LogP contribution in [0.4, 0.5) is 0 Å². The number of nitrogens with zero attached hydrogens (tertiary/aromatic N) is 1. The SMILES string of the molecule is C=CCCC(C)CC(N)C#N. The third-order valence-corrected chi connectivity index (χ3v) is 1.69. The highest BCUT2D eigenvalue weighted by molar-refractivity contribution is 4.87. The average molecular weight is 152 g/mol. The largest absolute Gasteiger partial charge is 0.316 e. The number of hydrogen-bond donors (Lipinski definition) is 1. The van der Waals surface area contributed by atoms with Gasteiger partial charge in [-0.15, -0.1) is 6.58 Å². The van der Waals surface area contributed by atoms with Gasteiger partial charge in [0.1, 0.15) is 0 Å². The second kappa shape index (κ2) is 5.94. The number of hydrogen-bond acceptors (Lipinski definition) is 2. The molecule has 2 N–H and O–H groups in total. The first-order chi connectivity index (χ1) is 5.20. The van der Waals surface area contributed by atoms with E-state index in [1.807, 2.05) is 12.1 Å². The van der Waals surface area contributed by atoms with Gasteiger partial charge in [0.05, 0.1) is 12.1 Å². The summed E-state index contributed by atoms with van der Waals surface area (Å²) in [6, 6.07) is 1.73. The van der Waals surface area contributed by atoms with E-state index in [0.717, 1.165) is 19.3 Å². The number of rotatable bonds is 5. The van der Waals surface area contributed by atoms with Gasteiger partial charge >= 0.3 is 0 Å². The smallest absolute Gasteiger partial charge is 0.0930 e. The van der Waals surface area contributed by atoms with Crippen LogP contribution in [-0.2, 0) is 0 Å². The van der Waals surface area contributed by atoms with E-state index in [4.69, 9.17) is 11.0 Å². The maximum absolute atomic E-state index is 8.41. The molecule has 0 aliphatic carbocycles. The van der Waals surface area contributed by atoms with Crippen LogP contribution in [0.3, 0.4) is 0 Å². The average Bonchev–Trinajstić information content (AvgIpc) is 2.00. The third-order valence-electron chi connectivity index (χ3n) is 1.69. The number of nitrogens with two attached hydrogens (primary N) is 1. The molecular formula is C9H16N2. The molecule has 0 aromatic rings.